The predicted molar refractivity (Wildman–Crippen MR) is 86.1 cm³/mol. The molecule has 0 spiro atoms. The van der Waals surface area contributed by atoms with Gasteiger partial charge in [0, 0.05) is 11.3 Å². The van der Waals surface area contributed by atoms with Crippen LogP contribution in [0.3, 0.4) is 0 Å². The molecule has 0 saturated carbocycles. The first kappa shape index (κ1) is 17.8. The lowest BCUT2D eigenvalue weighted by atomic mass is 10.1. The average Bonchev–Trinajstić information content (AvgIpc) is 2.53. The highest BCUT2D eigenvalue weighted by Gasteiger charge is 2.17. The first-order chi connectivity index (χ1) is 10.5. The van der Waals surface area contributed by atoms with E-state index in [-0.39, 0.29) is 11.8 Å². The summed E-state index contributed by atoms with van der Waals surface area (Å²) in [5.41, 5.74) is 3.89. The maximum Gasteiger partial charge on any atom is 0.271 e. The SMILES string of the molecule is CC/C(=N/NC(=O)c1cc(OC)c(OC)c(OC)c1)C(C)C. The number of nitrogens with zero attached hydrogens (tertiary/aromatic N) is 1. The van der Waals surface area contributed by atoms with Crippen LogP contribution in [0.25, 0.3) is 0 Å². The van der Waals surface area contributed by atoms with Crippen molar-refractivity contribution in [1.82, 2.24) is 5.43 Å². The summed E-state index contributed by atoms with van der Waals surface area (Å²) >= 11 is 0. The molecule has 0 aliphatic rings. The van der Waals surface area contributed by atoms with E-state index in [9.17, 15) is 4.79 Å². The van der Waals surface area contributed by atoms with E-state index >= 15 is 0 Å². The minimum absolute atomic E-state index is 0.283. The fraction of sp³-hybridized carbons (Fsp3) is 0.500. The summed E-state index contributed by atoms with van der Waals surface area (Å²) in [7, 11) is 4.52. The summed E-state index contributed by atoms with van der Waals surface area (Å²) in [4.78, 5) is 12.3. The Morgan fingerprint density at radius 2 is 1.68 bits per heavy atom. The van der Waals surface area contributed by atoms with Crippen LogP contribution in [0.4, 0.5) is 0 Å². The predicted octanol–water partition coefficient (Wildman–Crippen LogP) is 2.86. The second-order valence-electron chi connectivity index (χ2n) is 4.97. The molecule has 0 aliphatic heterocycles. The summed E-state index contributed by atoms with van der Waals surface area (Å²) in [5.74, 6) is 1.25. The molecule has 6 heteroatoms. The van der Waals surface area contributed by atoms with Crippen molar-refractivity contribution in [2.75, 3.05) is 21.3 Å². The van der Waals surface area contributed by atoms with Crippen LogP contribution in [0.2, 0.25) is 0 Å². The zero-order valence-corrected chi connectivity index (χ0v) is 14.0. The second-order valence-corrected chi connectivity index (χ2v) is 4.97. The van der Waals surface area contributed by atoms with Crippen LogP contribution in [0, 0.1) is 5.92 Å². The molecule has 0 unspecified atom stereocenters. The largest absolute Gasteiger partial charge is 0.493 e. The Labute approximate surface area is 131 Å². The number of carbonyl (C=O) groups excluding carboxylic acids is 1. The van der Waals surface area contributed by atoms with E-state index in [1.807, 2.05) is 20.8 Å². The Morgan fingerprint density at radius 3 is 2.05 bits per heavy atom. The van der Waals surface area contributed by atoms with E-state index in [1.165, 1.54) is 21.3 Å². The Morgan fingerprint density at radius 1 is 1.14 bits per heavy atom. The van der Waals surface area contributed by atoms with E-state index in [2.05, 4.69) is 10.5 Å². The average molecular weight is 308 g/mol. The van der Waals surface area contributed by atoms with Gasteiger partial charge >= 0.3 is 0 Å². The number of methoxy groups -OCH3 is 3. The van der Waals surface area contributed by atoms with Gasteiger partial charge in [-0.15, -0.1) is 0 Å². The number of nitrogens with one attached hydrogen (secondary N) is 1. The standard InChI is InChI=1S/C16H24N2O4/c1-7-12(10(2)3)17-18-16(19)11-8-13(20-4)15(22-6)14(9-11)21-5/h8-10H,7H2,1-6H3,(H,18,19)/b17-12-. The number of hydrazone groups is 1. The smallest absolute Gasteiger partial charge is 0.271 e. The van der Waals surface area contributed by atoms with E-state index in [0.717, 1.165) is 12.1 Å². The van der Waals surface area contributed by atoms with Gasteiger partial charge in [0.05, 0.1) is 21.3 Å². The maximum atomic E-state index is 12.3. The lowest BCUT2D eigenvalue weighted by Gasteiger charge is -2.14. The molecule has 6 nitrogen and oxygen atoms in total. The van der Waals surface area contributed by atoms with Crippen molar-refractivity contribution < 1.29 is 19.0 Å². The van der Waals surface area contributed by atoms with Gasteiger partial charge in [-0.2, -0.15) is 5.10 Å². The van der Waals surface area contributed by atoms with Crippen LogP contribution < -0.4 is 19.6 Å². The van der Waals surface area contributed by atoms with Gasteiger partial charge in [-0.3, -0.25) is 4.79 Å². The molecule has 0 fully saturated rings. The number of benzene rings is 1. The summed E-state index contributed by atoms with van der Waals surface area (Å²) in [6.07, 6.45) is 0.785. The molecule has 0 aromatic heterocycles. The molecule has 122 valence electrons. The minimum atomic E-state index is -0.328. The van der Waals surface area contributed by atoms with Crippen molar-refractivity contribution in [3.05, 3.63) is 17.7 Å². The van der Waals surface area contributed by atoms with Gasteiger partial charge in [0.1, 0.15) is 0 Å². The van der Waals surface area contributed by atoms with Gasteiger partial charge < -0.3 is 14.2 Å². The topological polar surface area (TPSA) is 69.2 Å². The molecule has 0 aliphatic carbocycles. The fourth-order valence-electron chi connectivity index (χ4n) is 2.02. The third-order valence-electron chi connectivity index (χ3n) is 3.26. The minimum Gasteiger partial charge on any atom is -0.493 e. The van der Waals surface area contributed by atoms with Crippen LogP contribution in [-0.2, 0) is 0 Å². The van der Waals surface area contributed by atoms with Crippen LogP contribution >= 0.6 is 0 Å². The van der Waals surface area contributed by atoms with Crippen molar-refractivity contribution in [3.63, 3.8) is 0 Å². The third-order valence-corrected chi connectivity index (χ3v) is 3.26. The normalized spacial score (nSPS) is 11.3. The molecule has 0 heterocycles. The van der Waals surface area contributed by atoms with Gasteiger partial charge in [0.2, 0.25) is 5.75 Å². The Balaban J connectivity index is 3.08. The number of hydrogen-bond donors (Lipinski definition) is 1. The van der Waals surface area contributed by atoms with Gasteiger partial charge in [-0.05, 0) is 24.5 Å². The van der Waals surface area contributed by atoms with Gasteiger partial charge in [-0.1, -0.05) is 20.8 Å². The summed E-state index contributed by atoms with van der Waals surface area (Å²) in [5, 5.41) is 4.18. The molecule has 0 bridgehead atoms. The van der Waals surface area contributed by atoms with Crippen molar-refractivity contribution in [3.8, 4) is 17.2 Å². The zero-order chi connectivity index (χ0) is 16.7. The molecule has 1 rings (SSSR count). The monoisotopic (exact) mass is 308 g/mol. The highest BCUT2D eigenvalue weighted by Crippen LogP contribution is 2.38. The molecule has 0 radical (unpaired) electrons. The molecule has 1 amide bonds. The lowest BCUT2D eigenvalue weighted by Crippen LogP contribution is -2.21. The van der Waals surface area contributed by atoms with E-state index in [0.29, 0.717) is 22.8 Å². The van der Waals surface area contributed by atoms with E-state index in [1.54, 1.807) is 12.1 Å². The molecule has 1 aromatic rings. The first-order valence-electron chi connectivity index (χ1n) is 7.15. The second kappa shape index (κ2) is 8.26. The molecule has 0 saturated heterocycles. The van der Waals surface area contributed by atoms with E-state index < -0.39 is 0 Å². The van der Waals surface area contributed by atoms with Crippen LogP contribution in [0.1, 0.15) is 37.6 Å². The number of carbonyl (C=O) groups is 1. The van der Waals surface area contributed by atoms with Crippen molar-refractivity contribution in [2.45, 2.75) is 27.2 Å². The molecule has 22 heavy (non-hydrogen) atoms. The maximum absolute atomic E-state index is 12.3. The molecule has 1 N–H and O–H groups in total. The van der Waals surface area contributed by atoms with Crippen LogP contribution in [0.15, 0.2) is 17.2 Å². The van der Waals surface area contributed by atoms with Crippen LogP contribution in [-0.4, -0.2) is 32.9 Å². The number of amides is 1. The Hall–Kier alpha value is -2.24. The number of rotatable bonds is 7. The third kappa shape index (κ3) is 4.13. The van der Waals surface area contributed by atoms with Crippen molar-refractivity contribution in [1.29, 1.82) is 0 Å². The summed E-state index contributed by atoms with van der Waals surface area (Å²) in [6, 6.07) is 3.18. The van der Waals surface area contributed by atoms with Crippen molar-refractivity contribution >= 4 is 11.6 Å². The highest BCUT2D eigenvalue weighted by atomic mass is 16.5. The number of ether oxygens (including phenoxy) is 3. The first-order valence-corrected chi connectivity index (χ1v) is 7.15. The van der Waals surface area contributed by atoms with Crippen molar-refractivity contribution in [2.24, 2.45) is 11.0 Å². The Bertz CT molecular complexity index is 528. The quantitative estimate of drug-likeness (QED) is 0.621. The van der Waals surface area contributed by atoms with Gasteiger partial charge in [0.15, 0.2) is 11.5 Å². The molecule has 0 atom stereocenters. The molecular formula is C16H24N2O4. The fourth-order valence-corrected chi connectivity index (χ4v) is 2.02. The Kier molecular flexibility index (Phi) is 6.69. The van der Waals surface area contributed by atoms with E-state index in [4.69, 9.17) is 14.2 Å². The summed E-state index contributed by atoms with van der Waals surface area (Å²) < 4.78 is 15.7. The lowest BCUT2D eigenvalue weighted by molar-refractivity contribution is 0.0953. The summed E-state index contributed by atoms with van der Waals surface area (Å²) in [6.45, 7) is 6.08. The molecular weight excluding hydrogens is 284 g/mol. The molecule has 1 aromatic carbocycles. The van der Waals surface area contributed by atoms with Gasteiger partial charge in [0.25, 0.3) is 5.91 Å². The van der Waals surface area contributed by atoms with Crippen LogP contribution in [0.5, 0.6) is 17.2 Å². The zero-order valence-electron chi connectivity index (χ0n) is 14.0. The highest BCUT2D eigenvalue weighted by molar-refractivity contribution is 5.96. The van der Waals surface area contributed by atoms with Gasteiger partial charge in [-0.25, -0.2) is 5.43 Å². The number of hydrogen-bond acceptors (Lipinski definition) is 5.